The van der Waals surface area contributed by atoms with Gasteiger partial charge in [0, 0.05) is 19.5 Å². The van der Waals surface area contributed by atoms with E-state index in [1.165, 1.54) is 0 Å². The fourth-order valence-electron chi connectivity index (χ4n) is 3.71. The summed E-state index contributed by atoms with van der Waals surface area (Å²) in [5.41, 5.74) is 2.40. The lowest BCUT2D eigenvalue weighted by molar-refractivity contribution is -0.148. The van der Waals surface area contributed by atoms with Crippen molar-refractivity contribution in [2.24, 2.45) is 5.92 Å². The molecule has 0 aliphatic carbocycles. The van der Waals surface area contributed by atoms with Gasteiger partial charge in [-0.15, -0.1) is 0 Å². The molecule has 1 amide bonds. The lowest BCUT2D eigenvalue weighted by Crippen LogP contribution is -2.29. The average Bonchev–Trinajstić information content (AvgIpc) is 3.40. The Labute approximate surface area is 184 Å². The lowest BCUT2D eigenvalue weighted by atomic mass is 10.1. The normalized spacial score (nSPS) is 16.7. The van der Waals surface area contributed by atoms with E-state index >= 15 is 0 Å². The highest BCUT2D eigenvalue weighted by Gasteiger charge is 2.35. The minimum Gasteiger partial charge on any atom is -0.507 e. The van der Waals surface area contributed by atoms with Crippen LogP contribution in [0.25, 0.3) is 16.6 Å². The number of nitriles is 1. The van der Waals surface area contributed by atoms with Gasteiger partial charge in [0.15, 0.2) is 11.6 Å². The summed E-state index contributed by atoms with van der Waals surface area (Å²) in [5.74, 6) is -1.46. The number of esters is 1. The van der Waals surface area contributed by atoms with Crippen molar-refractivity contribution in [3.05, 3.63) is 71.7 Å². The molecule has 8 nitrogen and oxygen atoms in total. The number of nitrogens with one attached hydrogen (secondary N) is 1. The van der Waals surface area contributed by atoms with Crippen molar-refractivity contribution in [3.63, 3.8) is 0 Å². The minimum absolute atomic E-state index is 0.0762. The van der Waals surface area contributed by atoms with Crippen LogP contribution in [0.2, 0.25) is 0 Å². The number of aliphatic hydroxyl groups is 1. The molecule has 4 rings (SSSR count). The Bertz CT molecular complexity index is 1180. The number of rotatable bonds is 7. The first-order valence-corrected chi connectivity index (χ1v) is 10.3. The molecule has 1 saturated heterocycles. The number of aromatic nitrogens is 2. The van der Waals surface area contributed by atoms with Gasteiger partial charge in [-0.1, -0.05) is 42.5 Å². The van der Waals surface area contributed by atoms with Gasteiger partial charge in [-0.2, -0.15) is 5.26 Å². The molecule has 1 aliphatic heterocycles. The predicted octanol–water partition coefficient (Wildman–Crippen LogP) is 2.99. The summed E-state index contributed by atoms with van der Waals surface area (Å²) >= 11 is 0. The Morgan fingerprint density at radius 1 is 1.22 bits per heavy atom. The summed E-state index contributed by atoms with van der Waals surface area (Å²) in [7, 11) is 0. The number of fused-ring (bicyclic) bond motifs is 1. The number of likely N-dealkylation sites (tertiary alicyclic amines) is 1. The number of para-hydroxylation sites is 2. The lowest BCUT2D eigenvalue weighted by Gasteiger charge is -2.16. The summed E-state index contributed by atoms with van der Waals surface area (Å²) in [5, 5.41) is 19.8. The number of amides is 1. The minimum atomic E-state index is -0.595. The van der Waals surface area contributed by atoms with Gasteiger partial charge in [0.05, 0.1) is 17.0 Å². The molecule has 3 aromatic rings. The van der Waals surface area contributed by atoms with Crippen LogP contribution in [-0.4, -0.2) is 51.5 Å². The fraction of sp³-hybridized carbons (Fsp3) is 0.250. The first-order chi connectivity index (χ1) is 15.5. The Kier molecular flexibility index (Phi) is 6.17. The summed E-state index contributed by atoms with van der Waals surface area (Å²) < 4.78 is 5.21. The maximum Gasteiger partial charge on any atom is 0.311 e. The number of aromatic amines is 1. The van der Waals surface area contributed by atoms with Gasteiger partial charge in [-0.25, -0.2) is 4.98 Å². The third kappa shape index (κ3) is 4.62. The number of benzene rings is 2. The molecule has 1 atom stereocenters. The van der Waals surface area contributed by atoms with Crippen LogP contribution in [0.3, 0.4) is 0 Å². The van der Waals surface area contributed by atoms with Crippen molar-refractivity contribution < 1.29 is 19.4 Å². The zero-order valence-electron chi connectivity index (χ0n) is 17.3. The van der Waals surface area contributed by atoms with E-state index in [9.17, 15) is 20.0 Å². The van der Waals surface area contributed by atoms with Crippen molar-refractivity contribution in [2.75, 3.05) is 19.7 Å². The number of allylic oxidation sites excluding steroid dienone is 1. The van der Waals surface area contributed by atoms with Crippen LogP contribution in [-0.2, 0) is 20.7 Å². The monoisotopic (exact) mass is 430 g/mol. The van der Waals surface area contributed by atoms with Crippen molar-refractivity contribution in [2.45, 2.75) is 12.8 Å². The van der Waals surface area contributed by atoms with E-state index in [-0.39, 0.29) is 30.3 Å². The predicted molar refractivity (Wildman–Crippen MR) is 117 cm³/mol. The number of imidazole rings is 1. The maximum atomic E-state index is 12.5. The van der Waals surface area contributed by atoms with Crippen molar-refractivity contribution in [3.8, 4) is 6.07 Å². The van der Waals surface area contributed by atoms with Crippen LogP contribution < -0.4 is 0 Å². The number of aliphatic hydroxyl groups excluding tert-OH is 1. The molecule has 1 aromatic heterocycles. The number of ether oxygens (including phenoxy) is 1. The molecule has 1 fully saturated rings. The second kappa shape index (κ2) is 9.35. The van der Waals surface area contributed by atoms with Crippen molar-refractivity contribution in [1.82, 2.24) is 14.9 Å². The van der Waals surface area contributed by atoms with Crippen LogP contribution in [0.1, 0.15) is 17.8 Å². The summed E-state index contributed by atoms with van der Waals surface area (Å²) in [6, 6.07) is 19.0. The molecule has 2 aromatic carbocycles. The number of carbonyl (C=O) groups excluding carboxylic acids is 2. The first kappa shape index (κ1) is 21.1. The Morgan fingerprint density at radius 3 is 2.72 bits per heavy atom. The topological polar surface area (TPSA) is 119 Å². The highest BCUT2D eigenvalue weighted by Crippen LogP contribution is 2.22. The van der Waals surface area contributed by atoms with Crippen LogP contribution in [0.5, 0.6) is 0 Å². The second-order valence-corrected chi connectivity index (χ2v) is 7.62. The highest BCUT2D eigenvalue weighted by molar-refractivity contribution is 5.87. The molecule has 0 bridgehead atoms. The molecule has 2 heterocycles. The molecule has 32 heavy (non-hydrogen) atoms. The van der Waals surface area contributed by atoms with E-state index in [0.29, 0.717) is 18.5 Å². The third-order valence-corrected chi connectivity index (χ3v) is 5.44. The van der Waals surface area contributed by atoms with Crippen molar-refractivity contribution >= 4 is 28.5 Å². The average molecular weight is 430 g/mol. The van der Waals surface area contributed by atoms with E-state index in [1.54, 1.807) is 17.0 Å². The number of hydrogen-bond acceptors (Lipinski definition) is 6. The maximum absolute atomic E-state index is 12.5. The second-order valence-electron chi connectivity index (χ2n) is 7.62. The summed E-state index contributed by atoms with van der Waals surface area (Å²) in [6.45, 7) is 0.347. The SMILES string of the molecule is N#C/C(=C(/O)COC(=O)C1CC(=O)N(CCc2ccccc2)C1)c1nc2ccccc2[nH]1. The number of H-pyrrole nitrogens is 1. The molecule has 1 unspecified atom stereocenters. The smallest absolute Gasteiger partial charge is 0.311 e. The van der Waals surface area contributed by atoms with Gasteiger partial charge in [-0.3, -0.25) is 9.59 Å². The van der Waals surface area contributed by atoms with Crippen molar-refractivity contribution in [1.29, 1.82) is 5.26 Å². The van der Waals surface area contributed by atoms with E-state index in [4.69, 9.17) is 4.74 Å². The molecular weight excluding hydrogens is 408 g/mol. The quantitative estimate of drug-likeness (QED) is 0.338. The van der Waals surface area contributed by atoms with Crippen LogP contribution in [0.15, 0.2) is 60.4 Å². The molecule has 0 radical (unpaired) electrons. The zero-order chi connectivity index (χ0) is 22.5. The standard InChI is InChI=1S/C24H22N4O4/c25-13-18(23-26-19-8-4-5-9-20(19)27-23)21(29)15-32-24(31)17-12-22(30)28(14-17)11-10-16-6-2-1-3-7-16/h1-9,17,29H,10-12,14-15H2,(H,26,27)/b21-18-. The van der Waals surface area contributed by atoms with Gasteiger partial charge in [0.2, 0.25) is 5.91 Å². The third-order valence-electron chi connectivity index (χ3n) is 5.44. The molecule has 1 aliphatic rings. The Morgan fingerprint density at radius 2 is 1.97 bits per heavy atom. The molecule has 0 spiro atoms. The van der Waals surface area contributed by atoms with E-state index < -0.39 is 24.3 Å². The van der Waals surface area contributed by atoms with E-state index in [1.807, 2.05) is 48.5 Å². The number of hydrogen-bond donors (Lipinski definition) is 2. The van der Waals surface area contributed by atoms with Gasteiger partial charge in [-0.05, 0) is 24.1 Å². The van der Waals surface area contributed by atoms with Gasteiger partial charge in [0.1, 0.15) is 18.2 Å². The number of carbonyl (C=O) groups is 2. The fourth-order valence-corrected chi connectivity index (χ4v) is 3.71. The molecule has 0 saturated carbocycles. The Hall–Kier alpha value is -4.12. The van der Waals surface area contributed by atoms with E-state index in [0.717, 1.165) is 11.1 Å². The van der Waals surface area contributed by atoms with E-state index in [2.05, 4.69) is 9.97 Å². The largest absolute Gasteiger partial charge is 0.507 e. The zero-order valence-corrected chi connectivity index (χ0v) is 17.3. The molecular formula is C24H22N4O4. The first-order valence-electron chi connectivity index (χ1n) is 10.3. The number of nitrogens with zero attached hydrogens (tertiary/aromatic N) is 3. The van der Waals surface area contributed by atoms with Gasteiger partial charge in [0.25, 0.3) is 0 Å². The van der Waals surface area contributed by atoms with Crippen LogP contribution >= 0.6 is 0 Å². The molecule has 162 valence electrons. The molecule has 2 N–H and O–H groups in total. The van der Waals surface area contributed by atoms with Gasteiger partial charge >= 0.3 is 5.97 Å². The van der Waals surface area contributed by atoms with Crippen LogP contribution in [0.4, 0.5) is 0 Å². The summed E-state index contributed by atoms with van der Waals surface area (Å²) in [6.07, 6.45) is 0.785. The molecule has 8 heteroatoms. The summed E-state index contributed by atoms with van der Waals surface area (Å²) in [4.78, 5) is 33.6. The highest BCUT2D eigenvalue weighted by atomic mass is 16.5. The van der Waals surface area contributed by atoms with Gasteiger partial charge < -0.3 is 19.7 Å². The van der Waals surface area contributed by atoms with Crippen LogP contribution in [0, 0.1) is 17.2 Å². The Balaban J connectivity index is 1.35.